The van der Waals surface area contributed by atoms with Gasteiger partial charge in [0.1, 0.15) is 12.4 Å². The van der Waals surface area contributed by atoms with Gasteiger partial charge in [-0.1, -0.05) is 0 Å². The van der Waals surface area contributed by atoms with Crippen LogP contribution in [0.2, 0.25) is 0 Å². The molecule has 1 heterocycles. The van der Waals surface area contributed by atoms with Gasteiger partial charge in [0.15, 0.2) is 0 Å². The van der Waals surface area contributed by atoms with Gasteiger partial charge in [0.05, 0.1) is 18.1 Å². The highest BCUT2D eigenvalue weighted by atomic mass is 31.2. The third kappa shape index (κ3) is 4.14. The molecule has 0 aromatic heterocycles. The maximum atomic E-state index is 11.7. The SMILES string of the molecule is COP(=O)(OC)OCC1COC(=O)/C1=C(\C)OC(C)=O. The van der Waals surface area contributed by atoms with E-state index in [9.17, 15) is 14.2 Å². The molecule has 114 valence electrons. The van der Waals surface area contributed by atoms with E-state index in [1.807, 2.05) is 0 Å². The third-order valence-corrected chi connectivity index (χ3v) is 3.96. The van der Waals surface area contributed by atoms with Gasteiger partial charge in [0.25, 0.3) is 0 Å². The van der Waals surface area contributed by atoms with Gasteiger partial charge < -0.3 is 9.47 Å². The molecule has 1 atom stereocenters. The molecule has 0 radical (unpaired) electrons. The van der Waals surface area contributed by atoms with Crippen LogP contribution in [-0.4, -0.2) is 39.4 Å². The average Bonchev–Trinajstić information content (AvgIpc) is 2.76. The minimum atomic E-state index is -3.63. The molecular formula is C11H17O8P. The van der Waals surface area contributed by atoms with E-state index in [1.165, 1.54) is 28.1 Å². The largest absolute Gasteiger partial charge is 0.474 e. The second-order valence-corrected chi connectivity index (χ2v) is 5.85. The van der Waals surface area contributed by atoms with Gasteiger partial charge in [-0.3, -0.25) is 18.4 Å². The maximum Gasteiger partial charge on any atom is 0.474 e. The van der Waals surface area contributed by atoms with Crippen LogP contribution >= 0.6 is 7.82 Å². The van der Waals surface area contributed by atoms with Crippen molar-refractivity contribution in [3.63, 3.8) is 0 Å². The van der Waals surface area contributed by atoms with Gasteiger partial charge in [-0.2, -0.15) is 0 Å². The van der Waals surface area contributed by atoms with Gasteiger partial charge in [0.2, 0.25) is 0 Å². The predicted octanol–water partition coefficient (Wildman–Crippen LogP) is 1.41. The average molecular weight is 308 g/mol. The first-order chi connectivity index (χ1) is 9.33. The molecule has 1 aliphatic rings. The van der Waals surface area contributed by atoms with Crippen LogP contribution < -0.4 is 0 Å². The number of carbonyl (C=O) groups excluding carboxylic acids is 2. The first-order valence-electron chi connectivity index (χ1n) is 5.75. The van der Waals surface area contributed by atoms with Gasteiger partial charge in [-0.15, -0.1) is 0 Å². The van der Waals surface area contributed by atoms with Crippen molar-refractivity contribution in [2.45, 2.75) is 13.8 Å². The zero-order valence-electron chi connectivity index (χ0n) is 11.7. The van der Waals surface area contributed by atoms with Crippen LogP contribution in [0.3, 0.4) is 0 Å². The monoisotopic (exact) mass is 308 g/mol. The fraction of sp³-hybridized carbons (Fsp3) is 0.636. The summed E-state index contributed by atoms with van der Waals surface area (Å²) in [7, 11) is -1.27. The van der Waals surface area contributed by atoms with E-state index in [0.29, 0.717) is 0 Å². The Balaban J connectivity index is 2.81. The summed E-state index contributed by atoms with van der Waals surface area (Å²) in [5, 5.41) is 0. The fourth-order valence-corrected chi connectivity index (χ4v) is 2.42. The molecule has 0 saturated carbocycles. The number of carbonyl (C=O) groups is 2. The van der Waals surface area contributed by atoms with Crippen LogP contribution in [0, 0.1) is 5.92 Å². The van der Waals surface area contributed by atoms with E-state index in [4.69, 9.17) is 14.0 Å². The lowest BCUT2D eigenvalue weighted by atomic mass is 10.0. The molecule has 0 N–H and O–H groups in total. The Bertz CT molecular complexity index is 461. The van der Waals surface area contributed by atoms with Crippen molar-refractivity contribution in [1.29, 1.82) is 0 Å². The number of hydrogen-bond acceptors (Lipinski definition) is 8. The van der Waals surface area contributed by atoms with Crippen LogP contribution in [0.15, 0.2) is 11.3 Å². The smallest absolute Gasteiger partial charge is 0.461 e. The number of esters is 2. The summed E-state index contributed by atoms with van der Waals surface area (Å²) in [6.45, 7) is 2.61. The second kappa shape index (κ2) is 6.99. The van der Waals surface area contributed by atoms with E-state index in [1.54, 1.807) is 0 Å². The molecule has 0 amide bonds. The Morgan fingerprint density at radius 2 is 1.95 bits per heavy atom. The third-order valence-electron chi connectivity index (χ3n) is 2.60. The van der Waals surface area contributed by atoms with Crippen molar-refractivity contribution in [3.05, 3.63) is 11.3 Å². The number of ether oxygens (including phenoxy) is 2. The Morgan fingerprint density at radius 3 is 2.45 bits per heavy atom. The van der Waals surface area contributed by atoms with Gasteiger partial charge in [0, 0.05) is 21.1 Å². The van der Waals surface area contributed by atoms with Crippen molar-refractivity contribution in [2.24, 2.45) is 5.92 Å². The molecule has 1 rings (SSSR count). The molecule has 0 aliphatic carbocycles. The van der Waals surface area contributed by atoms with E-state index >= 15 is 0 Å². The van der Waals surface area contributed by atoms with Crippen LogP contribution in [0.1, 0.15) is 13.8 Å². The Kier molecular flexibility index (Phi) is 5.88. The number of phosphoric acid groups is 1. The summed E-state index contributed by atoms with van der Waals surface area (Å²) in [4.78, 5) is 22.5. The normalized spacial score (nSPS) is 21.6. The topological polar surface area (TPSA) is 97.4 Å². The molecule has 9 heteroatoms. The van der Waals surface area contributed by atoms with E-state index < -0.39 is 25.7 Å². The standard InChI is InChI=1S/C11H17O8P/c1-7(19-8(2)12)10-9(5-17-11(10)13)6-18-20(14,15-3)16-4/h9H,5-6H2,1-4H3/b10-7+. The van der Waals surface area contributed by atoms with Crippen molar-refractivity contribution >= 4 is 19.8 Å². The lowest BCUT2D eigenvalue weighted by Gasteiger charge is -2.16. The first-order valence-corrected chi connectivity index (χ1v) is 7.21. The van der Waals surface area contributed by atoms with Crippen molar-refractivity contribution in [2.75, 3.05) is 27.4 Å². The van der Waals surface area contributed by atoms with Crippen LogP contribution in [0.4, 0.5) is 0 Å². The molecule has 1 unspecified atom stereocenters. The molecule has 1 saturated heterocycles. The summed E-state index contributed by atoms with van der Waals surface area (Å²) < 4.78 is 35.8. The Labute approximate surface area is 116 Å². The van der Waals surface area contributed by atoms with Crippen LogP contribution in [-0.2, 0) is 37.2 Å². The zero-order valence-corrected chi connectivity index (χ0v) is 12.6. The quantitative estimate of drug-likeness (QED) is 0.314. The number of phosphoric ester groups is 1. The lowest BCUT2D eigenvalue weighted by Crippen LogP contribution is -2.15. The van der Waals surface area contributed by atoms with E-state index in [0.717, 1.165) is 0 Å². The van der Waals surface area contributed by atoms with E-state index in [2.05, 4.69) is 9.05 Å². The highest BCUT2D eigenvalue weighted by molar-refractivity contribution is 7.48. The first kappa shape index (κ1) is 16.8. The van der Waals surface area contributed by atoms with Crippen LogP contribution in [0.25, 0.3) is 0 Å². The summed E-state index contributed by atoms with van der Waals surface area (Å²) in [6, 6.07) is 0. The summed E-state index contributed by atoms with van der Waals surface area (Å²) in [6.07, 6.45) is 0. The highest BCUT2D eigenvalue weighted by Crippen LogP contribution is 2.48. The zero-order chi connectivity index (χ0) is 15.3. The molecular weight excluding hydrogens is 291 g/mol. The molecule has 1 fully saturated rings. The summed E-state index contributed by atoms with van der Waals surface area (Å²) in [5.41, 5.74) is 0.180. The molecule has 0 aromatic carbocycles. The molecule has 1 aliphatic heterocycles. The summed E-state index contributed by atoms with van der Waals surface area (Å²) >= 11 is 0. The number of rotatable bonds is 6. The minimum Gasteiger partial charge on any atom is -0.461 e. The van der Waals surface area contributed by atoms with E-state index in [-0.39, 0.29) is 24.5 Å². The van der Waals surface area contributed by atoms with Gasteiger partial charge in [-0.05, 0) is 6.92 Å². The number of cyclic esters (lactones) is 1. The minimum absolute atomic E-state index is 0.0419. The van der Waals surface area contributed by atoms with Gasteiger partial charge >= 0.3 is 19.8 Å². The van der Waals surface area contributed by atoms with Crippen LogP contribution in [0.5, 0.6) is 0 Å². The van der Waals surface area contributed by atoms with Crippen molar-refractivity contribution in [1.82, 2.24) is 0 Å². The fourth-order valence-electron chi connectivity index (χ4n) is 1.70. The number of allylic oxidation sites excluding steroid dienone is 1. The Morgan fingerprint density at radius 1 is 1.35 bits per heavy atom. The molecule has 20 heavy (non-hydrogen) atoms. The summed E-state index contributed by atoms with van der Waals surface area (Å²) in [5.74, 6) is -1.52. The maximum absolute atomic E-state index is 11.7. The molecule has 8 nitrogen and oxygen atoms in total. The second-order valence-electron chi connectivity index (χ2n) is 3.97. The van der Waals surface area contributed by atoms with Crippen molar-refractivity contribution < 1.29 is 37.2 Å². The molecule has 0 spiro atoms. The Hall–Kier alpha value is -1.21. The van der Waals surface area contributed by atoms with Gasteiger partial charge in [-0.25, -0.2) is 9.36 Å². The molecule has 0 bridgehead atoms. The molecule has 0 aromatic rings. The highest BCUT2D eigenvalue weighted by Gasteiger charge is 2.36. The van der Waals surface area contributed by atoms with Crippen molar-refractivity contribution in [3.8, 4) is 0 Å². The lowest BCUT2D eigenvalue weighted by molar-refractivity contribution is -0.137. The number of hydrogen-bond donors (Lipinski definition) is 0. The predicted molar refractivity (Wildman–Crippen MR) is 66.5 cm³/mol.